The molecule has 0 spiro atoms. The molecule has 3 N–H and O–H groups in total. The SMILES string of the molecule is CC(=O)C(=O)C(O)(C(C)=O)C(O)(C(C)=O)C(C)O. The number of hydrogen-bond donors (Lipinski definition) is 3. The Morgan fingerprint density at radius 1 is 0.944 bits per heavy atom. The molecule has 3 unspecified atom stereocenters. The molecular weight excluding hydrogens is 244 g/mol. The van der Waals surface area contributed by atoms with Gasteiger partial charge in [-0.15, -0.1) is 0 Å². The maximum absolute atomic E-state index is 11.6. The average molecular weight is 260 g/mol. The van der Waals surface area contributed by atoms with Crippen LogP contribution in [0.5, 0.6) is 0 Å². The van der Waals surface area contributed by atoms with Crippen LogP contribution >= 0.6 is 0 Å². The molecule has 0 aliphatic carbocycles. The number of carbonyl (C=O) groups excluding carboxylic acids is 4. The van der Waals surface area contributed by atoms with Crippen LogP contribution in [0.25, 0.3) is 0 Å². The van der Waals surface area contributed by atoms with Crippen molar-refractivity contribution in [3.63, 3.8) is 0 Å². The molecule has 0 heterocycles. The maximum Gasteiger partial charge on any atom is 0.240 e. The molecule has 102 valence electrons. The van der Waals surface area contributed by atoms with E-state index >= 15 is 0 Å². The third-order valence-corrected chi connectivity index (χ3v) is 2.85. The van der Waals surface area contributed by atoms with Gasteiger partial charge in [0.25, 0.3) is 0 Å². The van der Waals surface area contributed by atoms with Gasteiger partial charge in [-0.25, -0.2) is 0 Å². The highest BCUT2D eigenvalue weighted by molar-refractivity contribution is 6.45. The van der Waals surface area contributed by atoms with Crippen molar-refractivity contribution in [1.29, 1.82) is 0 Å². The second kappa shape index (κ2) is 5.05. The highest BCUT2D eigenvalue weighted by atomic mass is 16.4. The van der Waals surface area contributed by atoms with Crippen LogP contribution in [0.3, 0.4) is 0 Å². The quantitative estimate of drug-likeness (QED) is 0.378. The molecule has 18 heavy (non-hydrogen) atoms. The molecule has 7 nitrogen and oxygen atoms in total. The van der Waals surface area contributed by atoms with Crippen molar-refractivity contribution >= 4 is 23.1 Å². The van der Waals surface area contributed by atoms with Crippen molar-refractivity contribution in [2.24, 2.45) is 0 Å². The molecule has 0 bridgehead atoms. The predicted molar refractivity (Wildman–Crippen MR) is 58.6 cm³/mol. The van der Waals surface area contributed by atoms with E-state index < -0.39 is 40.4 Å². The van der Waals surface area contributed by atoms with E-state index in [-0.39, 0.29) is 0 Å². The largest absolute Gasteiger partial charge is 0.390 e. The van der Waals surface area contributed by atoms with Crippen molar-refractivity contribution in [3.05, 3.63) is 0 Å². The van der Waals surface area contributed by atoms with E-state index in [1.807, 2.05) is 0 Å². The zero-order valence-corrected chi connectivity index (χ0v) is 10.6. The first-order valence-electron chi connectivity index (χ1n) is 5.14. The Labute approximate surface area is 103 Å². The van der Waals surface area contributed by atoms with Crippen LogP contribution in [0.1, 0.15) is 27.7 Å². The van der Waals surface area contributed by atoms with E-state index in [0.29, 0.717) is 0 Å². The van der Waals surface area contributed by atoms with Crippen LogP contribution in [0.15, 0.2) is 0 Å². The van der Waals surface area contributed by atoms with Gasteiger partial charge < -0.3 is 15.3 Å². The normalized spacial score (nSPS) is 19.3. The van der Waals surface area contributed by atoms with Gasteiger partial charge in [0.2, 0.25) is 11.4 Å². The Kier molecular flexibility index (Phi) is 4.65. The van der Waals surface area contributed by atoms with Crippen LogP contribution in [-0.4, -0.2) is 55.8 Å². The summed E-state index contributed by atoms with van der Waals surface area (Å²) in [5, 5.41) is 29.5. The maximum atomic E-state index is 11.6. The zero-order valence-electron chi connectivity index (χ0n) is 10.6. The summed E-state index contributed by atoms with van der Waals surface area (Å²) in [5.74, 6) is -5.37. The molecule has 0 radical (unpaired) electrons. The topological polar surface area (TPSA) is 129 Å². The predicted octanol–water partition coefficient (Wildman–Crippen LogP) is -1.83. The van der Waals surface area contributed by atoms with E-state index in [1.165, 1.54) is 0 Å². The fraction of sp³-hybridized carbons (Fsp3) is 0.636. The van der Waals surface area contributed by atoms with E-state index in [9.17, 15) is 34.5 Å². The van der Waals surface area contributed by atoms with Gasteiger partial charge in [-0.3, -0.25) is 19.2 Å². The molecular formula is C11H16O7. The van der Waals surface area contributed by atoms with Gasteiger partial charge in [0.05, 0.1) is 6.10 Å². The molecule has 0 aromatic heterocycles. The summed E-state index contributed by atoms with van der Waals surface area (Å²) in [7, 11) is 0. The minimum atomic E-state index is -3.29. The Morgan fingerprint density at radius 2 is 1.33 bits per heavy atom. The van der Waals surface area contributed by atoms with E-state index in [1.54, 1.807) is 0 Å². The van der Waals surface area contributed by atoms with Crippen molar-refractivity contribution in [2.45, 2.75) is 45.0 Å². The lowest BCUT2D eigenvalue weighted by molar-refractivity contribution is -0.202. The molecule has 0 amide bonds. The molecule has 3 atom stereocenters. The summed E-state index contributed by atoms with van der Waals surface area (Å²) in [5.41, 5.74) is -6.36. The monoisotopic (exact) mass is 260 g/mol. The molecule has 0 rings (SSSR count). The number of rotatable bonds is 6. The number of carbonyl (C=O) groups is 4. The van der Waals surface area contributed by atoms with Gasteiger partial charge in [0.15, 0.2) is 23.0 Å². The number of aliphatic hydroxyl groups is 3. The minimum absolute atomic E-state index is 0.733. The van der Waals surface area contributed by atoms with Crippen LogP contribution < -0.4 is 0 Å². The molecule has 0 saturated carbocycles. The van der Waals surface area contributed by atoms with Crippen molar-refractivity contribution in [2.75, 3.05) is 0 Å². The zero-order chi connectivity index (χ0) is 14.9. The first-order chi connectivity index (χ1) is 7.93. The minimum Gasteiger partial charge on any atom is -0.390 e. The molecule has 0 aliphatic rings. The van der Waals surface area contributed by atoms with Gasteiger partial charge >= 0.3 is 0 Å². The first-order valence-corrected chi connectivity index (χ1v) is 5.14. The second-order valence-electron chi connectivity index (χ2n) is 4.15. The summed E-state index contributed by atoms with van der Waals surface area (Å²) in [6.45, 7) is 3.22. The highest BCUT2D eigenvalue weighted by Gasteiger charge is 2.64. The fourth-order valence-corrected chi connectivity index (χ4v) is 1.71. The number of Topliss-reactive ketones (excluding diaryl/α,β-unsaturated/α-hetero) is 4. The molecule has 0 fully saturated rings. The molecule has 0 aromatic carbocycles. The van der Waals surface area contributed by atoms with Gasteiger partial charge in [0.1, 0.15) is 0 Å². The number of hydrogen-bond acceptors (Lipinski definition) is 7. The van der Waals surface area contributed by atoms with Gasteiger partial charge in [-0.1, -0.05) is 0 Å². The summed E-state index contributed by atoms with van der Waals surface area (Å²) in [4.78, 5) is 45.5. The molecule has 7 heteroatoms. The molecule has 0 saturated heterocycles. The second-order valence-corrected chi connectivity index (χ2v) is 4.15. The first kappa shape index (κ1) is 16.6. The van der Waals surface area contributed by atoms with Crippen molar-refractivity contribution in [1.82, 2.24) is 0 Å². The van der Waals surface area contributed by atoms with Crippen LogP contribution in [0.2, 0.25) is 0 Å². The van der Waals surface area contributed by atoms with Crippen LogP contribution in [-0.2, 0) is 19.2 Å². The molecule has 0 aromatic rings. The Balaban J connectivity index is 6.19. The van der Waals surface area contributed by atoms with E-state index in [2.05, 4.69) is 0 Å². The Hall–Kier alpha value is -1.44. The number of ketones is 4. The average Bonchev–Trinajstić information content (AvgIpc) is 2.24. The third kappa shape index (κ3) is 2.12. The highest BCUT2D eigenvalue weighted by Crippen LogP contribution is 2.30. The van der Waals surface area contributed by atoms with E-state index in [0.717, 1.165) is 27.7 Å². The third-order valence-electron chi connectivity index (χ3n) is 2.85. The Morgan fingerprint density at radius 3 is 1.50 bits per heavy atom. The van der Waals surface area contributed by atoms with Crippen molar-refractivity contribution < 1.29 is 34.5 Å². The smallest absolute Gasteiger partial charge is 0.240 e. The standard InChI is InChI=1S/C11H16O7/c1-5(12)9(16)11(18,8(4)15)10(17,6(2)13)7(3)14/h6,13,17-18H,1-4H3. The lowest BCUT2D eigenvalue weighted by atomic mass is 9.71. The number of aliphatic hydroxyl groups excluding tert-OH is 1. The fourth-order valence-electron chi connectivity index (χ4n) is 1.71. The van der Waals surface area contributed by atoms with Crippen LogP contribution in [0.4, 0.5) is 0 Å². The summed E-state index contributed by atoms with van der Waals surface area (Å²) < 4.78 is 0. The van der Waals surface area contributed by atoms with Crippen LogP contribution in [0, 0.1) is 0 Å². The van der Waals surface area contributed by atoms with Crippen molar-refractivity contribution in [3.8, 4) is 0 Å². The lowest BCUT2D eigenvalue weighted by Crippen LogP contribution is -2.72. The summed E-state index contributed by atoms with van der Waals surface area (Å²) in [6, 6.07) is 0. The van der Waals surface area contributed by atoms with E-state index in [4.69, 9.17) is 0 Å². The van der Waals surface area contributed by atoms with Gasteiger partial charge in [0, 0.05) is 6.92 Å². The van der Waals surface area contributed by atoms with Gasteiger partial charge in [-0.05, 0) is 20.8 Å². The summed E-state index contributed by atoms with van der Waals surface area (Å²) >= 11 is 0. The molecule has 0 aliphatic heterocycles. The Bertz CT molecular complexity index is 412. The van der Waals surface area contributed by atoms with Gasteiger partial charge in [-0.2, -0.15) is 0 Å². The summed E-state index contributed by atoms with van der Waals surface area (Å²) in [6.07, 6.45) is -1.92. The lowest BCUT2D eigenvalue weighted by Gasteiger charge is -2.39.